The topological polar surface area (TPSA) is 126 Å². The van der Waals surface area contributed by atoms with E-state index >= 15 is 0 Å². The third-order valence-electron chi connectivity index (χ3n) is 3.77. The van der Waals surface area contributed by atoms with Gasteiger partial charge in [0.25, 0.3) is 0 Å². The fourth-order valence-electron chi connectivity index (χ4n) is 2.52. The first-order valence-electron chi connectivity index (χ1n) is 7.87. The standard InChI is InChI=1S/C16H16ClN5O4/c17-11-5-2-1-4-10(11)9-19-12-8-13(18-6-3-7-23)16(22(24)25)15-14(12)20-26-21-15/h1-2,4-5,8,18-19,23H,3,6-7,9H2. The highest BCUT2D eigenvalue weighted by Gasteiger charge is 2.25. The van der Waals surface area contributed by atoms with Crippen LogP contribution in [0, 0.1) is 10.1 Å². The Hall–Kier alpha value is -2.91. The van der Waals surface area contributed by atoms with Gasteiger partial charge in [-0.1, -0.05) is 29.8 Å². The molecule has 0 atom stereocenters. The second-order valence-corrected chi connectivity index (χ2v) is 5.89. The average molecular weight is 378 g/mol. The first-order chi connectivity index (χ1) is 12.6. The number of nitrogens with zero attached hydrogens (tertiary/aromatic N) is 3. The fourth-order valence-corrected chi connectivity index (χ4v) is 2.72. The molecule has 26 heavy (non-hydrogen) atoms. The zero-order chi connectivity index (χ0) is 18.5. The zero-order valence-electron chi connectivity index (χ0n) is 13.6. The van der Waals surface area contributed by atoms with E-state index in [1.165, 1.54) is 0 Å². The molecule has 1 aromatic heterocycles. The van der Waals surface area contributed by atoms with Crippen LogP contribution in [-0.2, 0) is 6.54 Å². The molecule has 0 saturated heterocycles. The molecule has 0 radical (unpaired) electrons. The summed E-state index contributed by atoms with van der Waals surface area (Å²) in [7, 11) is 0. The molecule has 3 aromatic rings. The minimum Gasteiger partial charge on any atom is -0.396 e. The van der Waals surface area contributed by atoms with Gasteiger partial charge in [0.2, 0.25) is 5.52 Å². The van der Waals surface area contributed by atoms with Crippen molar-refractivity contribution in [3.63, 3.8) is 0 Å². The van der Waals surface area contributed by atoms with Gasteiger partial charge < -0.3 is 15.7 Å². The van der Waals surface area contributed by atoms with E-state index < -0.39 is 4.92 Å². The van der Waals surface area contributed by atoms with Crippen molar-refractivity contribution < 1.29 is 14.7 Å². The number of aromatic nitrogens is 2. The van der Waals surface area contributed by atoms with Gasteiger partial charge in [-0.25, -0.2) is 4.63 Å². The van der Waals surface area contributed by atoms with Crippen LogP contribution in [0.3, 0.4) is 0 Å². The van der Waals surface area contributed by atoms with Gasteiger partial charge in [-0.05, 0) is 34.4 Å². The third kappa shape index (κ3) is 3.68. The molecule has 136 valence electrons. The maximum Gasteiger partial charge on any atom is 0.323 e. The van der Waals surface area contributed by atoms with Crippen molar-refractivity contribution in [3.8, 4) is 0 Å². The smallest absolute Gasteiger partial charge is 0.323 e. The number of hydrogen-bond donors (Lipinski definition) is 3. The van der Waals surface area contributed by atoms with Crippen molar-refractivity contribution in [2.24, 2.45) is 0 Å². The van der Waals surface area contributed by atoms with Gasteiger partial charge in [-0.3, -0.25) is 10.1 Å². The number of aliphatic hydroxyl groups is 1. The van der Waals surface area contributed by atoms with Gasteiger partial charge in [-0.2, -0.15) is 0 Å². The number of aliphatic hydroxyl groups excluding tert-OH is 1. The summed E-state index contributed by atoms with van der Waals surface area (Å²) in [5.74, 6) is 0. The molecule has 0 fully saturated rings. The Morgan fingerprint density at radius 3 is 2.69 bits per heavy atom. The number of nitro benzene ring substituents is 1. The summed E-state index contributed by atoms with van der Waals surface area (Å²) in [4.78, 5) is 10.9. The van der Waals surface area contributed by atoms with Crippen LogP contribution < -0.4 is 10.6 Å². The quantitative estimate of drug-likeness (QED) is 0.310. The van der Waals surface area contributed by atoms with Gasteiger partial charge in [0.05, 0.1) is 10.6 Å². The summed E-state index contributed by atoms with van der Waals surface area (Å²) in [5.41, 5.74) is 1.75. The fraction of sp³-hybridized carbons (Fsp3) is 0.250. The Morgan fingerprint density at radius 2 is 1.96 bits per heavy atom. The number of halogens is 1. The van der Waals surface area contributed by atoms with Crippen molar-refractivity contribution in [2.75, 3.05) is 23.8 Å². The van der Waals surface area contributed by atoms with E-state index in [4.69, 9.17) is 21.3 Å². The number of nitro groups is 1. The van der Waals surface area contributed by atoms with Crippen LogP contribution in [0.25, 0.3) is 11.0 Å². The Labute approximate surface area is 153 Å². The third-order valence-corrected chi connectivity index (χ3v) is 4.14. The van der Waals surface area contributed by atoms with Crippen molar-refractivity contribution in [3.05, 3.63) is 51.0 Å². The predicted molar refractivity (Wildman–Crippen MR) is 97.4 cm³/mol. The van der Waals surface area contributed by atoms with Crippen LogP contribution >= 0.6 is 11.6 Å². The second kappa shape index (κ2) is 7.98. The highest BCUT2D eigenvalue weighted by molar-refractivity contribution is 6.31. The van der Waals surface area contributed by atoms with Gasteiger partial charge in [-0.15, -0.1) is 0 Å². The lowest BCUT2D eigenvalue weighted by molar-refractivity contribution is -0.382. The lowest BCUT2D eigenvalue weighted by Crippen LogP contribution is -2.08. The molecule has 1 heterocycles. The number of benzene rings is 2. The summed E-state index contributed by atoms with van der Waals surface area (Å²) >= 11 is 6.16. The summed E-state index contributed by atoms with van der Waals surface area (Å²) < 4.78 is 4.71. The van der Waals surface area contributed by atoms with E-state index in [1.54, 1.807) is 12.1 Å². The summed E-state index contributed by atoms with van der Waals surface area (Å²) in [5, 5.41) is 34.6. The molecule has 3 N–H and O–H groups in total. The summed E-state index contributed by atoms with van der Waals surface area (Å²) in [6.45, 7) is 0.750. The van der Waals surface area contributed by atoms with E-state index in [2.05, 4.69) is 20.9 Å². The van der Waals surface area contributed by atoms with E-state index in [-0.39, 0.29) is 29.0 Å². The van der Waals surface area contributed by atoms with E-state index in [1.807, 2.05) is 18.2 Å². The minimum atomic E-state index is -0.536. The van der Waals surface area contributed by atoms with Crippen LogP contribution in [0.15, 0.2) is 35.0 Å². The first-order valence-corrected chi connectivity index (χ1v) is 8.25. The maximum atomic E-state index is 11.5. The number of anilines is 2. The first kappa shape index (κ1) is 17.9. The molecule has 0 spiro atoms. The van der Waals surface area contributed by atoms with E-state index in [9.17, 15) is 10.1 Å². The molecule has 0 saturated carbocycles. The maximum absolute atomic E-state index is 11.5. The number of hydrogen-bond acceptors (Lipinski definition) is 8. The largest absolute Gasteiger partial charge is 0.396 e. The minimum absolute atomic E-state index is 0.0217. The molecule has 0 aliphatic carbocycles. The van der Waals surface area contributed by atoms with E-state index in [0.29, 0.717) is 30.2 Å². The van der Waals surface area contributed by atoms with Crippen molar-refractivity contribution >= 4 is 39.7 Å². The summed E-state index contributed by atoms with van der Waals surface area (Å²) in [6.07, 6.45) is 0.453. The molecule has 0 bridgehead atoms. The number of fused-ring (bicyclic) bond motifs is 1. The number of rotatable bonds is 8. The van der Waals surface area contributed by atoms with Crippen molar-refractivity contribution in [1.29, 1.82) is 0 Å². The van der Waals surface area contributed by atoms with Gasteiger partial charge >= 0.3 is 5.69 Å². The van der Waals surface area contributed by atoms with Crippen LogP contribution in [-0.4, -0.2) is 33.5 Å². The van der Waals surface area contributed by atoms with Crippen LogP contribution in [0.1, 0.15) is 12.0 Å². The van der Waals surface area contributed by atoms with Crippen LogP contribution in [0.2, 0.25) is 5.02 Å². The molecule has 0 amide bonds. The predicted octanol–water partition coefficient (Wildman–Crippen LogP) is 3.19. The molecule has 0 aliphatic heterocycles. The Bertz CT molecular complexity index is 930. The highest BCUT2D eigenvalue weighted by atomic mass is 35.5. The SMILES string of the molecule is O=[N+]([O-])c1c(NCCCO)cc(NCc2ccccc2Cl)c2nonc12. The monoisotopic (exact) mass is 377 g/mol. The van der Waals surface area contributed by atoms with Gasteiger partial charge in [0.15, 0.2) is 5.52 Å². The Balaban J connectivity index is 1.96. The molecular formula is C16H16ClN5O4. The molecule has 10 heteroatoms. The second-order valence-electron chi connectivity index (χ2n) is 5.49. The van der Waals surface area contributed by atoms with Gasteiger partial charge in [0.1, 0.15) is 5.69 Å². The van der Waals surface area contributed by atoms with Crippen molar-refractivity contribution in [2.45, 2.75) is 13.0 Å². The Morgan fingerprint density at radius 1 is 1.19 bits per heavy atom. The molecule has 3 rings (SSSR count). The Kier molecular flexibility index (Phi) is 5.49. The van der Waals surface area contributed by atoms with Crippen LogP contribution in [0.4, 0.5) is 17.1 Å². The molecule has 0 unspecified atom stereocenters. The molecular weight excluding hydrogens is 362 g/mol. The normalized spacial score (nSPS) is 10.8. The highest BCUT2D eigenvalue weighted by Crippen LogP contribution is 2.37. The zero-order valence-corrected chi connectivity index (χ0v) is 14.4. The lowest BCUT2D eigenvalue weighted by Gasteiger charge is -2.11. The number of nitrogens with one attached hydrogen (secondary N) is 2. The van der Waals surface area contributed by atoms with E-state index in [0.717, 1.165) is 5.56 Å². The average Bonchev–Trinajstić information content (AvgIpc) is 3.10. The van der Waals surface area contributed by atoms with Crippen LogP contribution in [0.5, 0.6) is 0 Å². The van der Waals surface area contributed by atoms with Crippen molar-refractivity contribution in [1.82, 2.24) is 10.3 Å². The molecule has 9 nitrogen and oxygen atoms in total. The lowest BCUT2D eigenvalue weighted by atomic mass is 10.1. The molecule has 0 aliphatic rings. The van der Waals surface area contributed by atoms with Gasteiger partial charge in [0, 0.05) is 24.7 Å². The molecule has 2 aromatic carbocycles. The summed E-state index contributed by atoms with van der Waals surface area (Å²) in [6, 6.07) is 8.94.